The van der Waals surface area contributed by atoms with Crippen LogP contribution in [0.1, 0.15) is 34.4 Å². The molecular formula is C26H21ClN4O2. The molecule has 2 aliphatic heterocycles. The van der Waals surface area contributed by atoms with Crippen molar-refractivity contribution in [1.29, 1.82) is 0 Å². The second-order valence-corrected chi connectivity index (χ2v) is 8.61. The summed E-state index contributed by atoms with van der Waals surface area (Å²) in [4.78, 5) is 4.48. The predicted molar refractivity (Wildman–Crippen MR) is 128 cm³/mol. The summed E-state index contributed by atoms with van der Waals surface area (Å²) in [5, 5.41) is 8.71. The molecule has 0 saturated heterocycles. The van der Waals surface area contributed by atoms with Gasteiger partial charge in [0, 0.05) is 21.7 Å². The van der Waals surface area contributed by atoms with Crippen molar-refractivity contribution in [2.45, 2.75) is 19.1 Å². The lowest BCUT2D eigenvalue weighted by Gasteiger charge is -2.39. The average molecular weight is 457 g/mol. The molecule has 33 heavy (non-hydrogen) atoms. The fraction of sp³-hybridized carbons (Fsp3) is 0.154. The highest BCUT2D eigenvalue weighted by Gasteiger charge is 2.41. The Bertz CT molecular complexity index is 1390. The number of benzene rings is 3. The average Bonchev–Trinajstić information content (AvgIpc) is 3.31. The highest BCUT2D eigenvalue weighted by atomic mass is 35.5. The van der Waals surface area contributed by atoms with Gasteiger partial charge < -0.3 is 14.8 Å². The lowest BCUT2D eigenvalue weighted by atomic mass is 9.84. The fourth-order valence-corrected chi connectivity index (χ4v) is 4.82. The monoisotopic (exact) mass is 456 g/mol. The smallest absolute Gasteiger partial charge is 0.226 e. The van der Waals surface area contributed by atoms with Crippen LogP contribution in [0.5, 0.6) is 11.5 Å². The number of para-hydroxylation sites is 1. The summed E-state index contributed by atoms with van der Waals surface area (Å²) in [5.41, 5.74) is 6.08. The van der Waals surface area contributed by atoms with Crippen molar-refractivity contribution in [2.24, 2.45) is 0 Å². The summed E-state index contributed by atoms with van der Waals surface area (Å²) in [6.45, 7) is 2.08. The molecule has 0 unspecified atom stereocenters. The van der Waals surface area contributed by atoms with Crippen molar-refractivity contribution < 1.29 is 9.47 Å². The fourth-order valence-electron chi connectivity index (χ4n) is 4.65. The Hall–Kier alpha value is -3.77. The normalized spacial score (nSPS) is 18.5. The van der Waals surface area contributed by atoms with Gasteiger partial charge in [-0.1, -0.05) is 59.6 Å². The molecule has 2 aliphatic rings. The van der Waals surface area contributed by atoms with E-state index in [1.165, 1.54) is 5.56 Å². The molecular weight excluding hydrogens is 436 g/mol. The topological polar surface area (TPSA) is 61.2 Å². The van der Waals surface area contributed by atoms with Gasteiger partial charge in [-0.05, 0) is 36.8 Å². The first kappa shape index (κ1) is 19.9. The van der Waals surface area contributed by atoms with E-state index < -0.39 is 6.10 Å². The van der Waals surface area contributed by atoms with Crippen molar-refractivity contribution in [3.63, 3.8) is 0 Å². The van der Waals surface area contributed by atoms with Gasteiger partial charge in [0.1, 0.15) is 23.9 Å². The number of anilines is 1. The molecule has 164 valence electrons. The summed E-state index contributed by atoms with van der Waals surface area (Å²) in [6, 6.07) is 21.9. The van der Waals surface area contributed by atoms with Crippen LogP contribution in [0.25, 0.3) is 5.70 Å². The van der Waals surface area contributed by atoms with Gasteiger partial charge in [0.2, 0.25) is 5.95 Å². The summed E-state index contributed by atoms with van der Waals surface area (Å²) in [7, 11) is 1.68. The highest BCUT2D eigenvalue weighted by Crippen LogP contribution is 2.52. The maximum atomic E-state index is 6.65. The second kappa shape index (κ2) is 7.67. The zero-order valence-corrected chi connectivity index (χ0v) is 18.9. The summed E-state index contributed by atoms with van der Waals surface area (Å²) in [6.07, 6.45) is 1.17. The Morgan fingerprint density at radius 1 is 1.06 bits per heavy atom. The largest absolute Gasteiger partial charge is 0.496 e. The Morgan fingerprint density at radius 3 is 2.70 bits per heavy atom. The molecule has 0 bridgehead atoms. The number of hydrogen-bond acceptors (Lipinski definition) is 5. The first-order valence-corrected chi connectivity index (χ1v) is 11.1. The van der Waals surface area contributed by atoms with E-state index in [-0.39, 0.29) is 6.04 Å². The van der Waals surface area contributed by atoms with E-state index in [1.807, 2.05) is 47.1 Å². The molecule has 0 amide bonds. The minimum Gasteiger partial charge on any atom is -0.496 e. The SMILES string of the molecule is COc1ccccc1[C@H]1Oc2ccc(Cl)cc2C2=C1[C@H](c1ccc(C)cc1)n1ncnc1N2. The van der Waals surface area contributed by atoms with Crippen LogP contribution in [0.4, 0.5) is 5.95 Å². The standard InChI is InChI=1S/C26H21ClN4O2/c1-15-7-9-16(10-8-15)24-22-23(30-26-28-14-29-31(24)26)19-13-17(27)11-12-21(19)33-25(22)18-5-3-4-6-20(18)32-2/h3-14,24-25H,1-2H3,(H,28,29,30)/t24-,25+/m0/s1. The number of fused-ring (bicyclic) bond motifs is 3. The zero-order chi connectivity index (χ0) is 22.5. The molecule has 0 spiro atoms. The van der Waals surface area contributed by atoms with Gasteiger partial charge in [0.15, 0.2) is 6.10 Å². The van der Waals surface area contributed by atoms with Gasteiger partial charge in [-0.15, -0.1) is 0 Å². The Balaban J connectivity index is 1.65. The number of hydrogen-bond donors (Lipinski definition) is 1. The lowest BCUT2D eigenvalue weighted by Crippen LogP contribution is -2.32. The molecule has 6 rings (SSSR count). The highest BCUT2D eigenvalue weighted by molar-refractivity contribution is 6.30. The number of nitrogens with zero attached hydrogens (tertiary/aromatic N) is 3. The number of nitrogens with one attached hydrogen (secondary N) is 1. The number of aromatic nitrogens is 3. The predicted octanol–water partition coefficient (Wildman–Crippen LogP) is 5.81. The molecule has 0 aliphatic carbocycles. The van der Waals surface area contributed by atoms with Crippen molar-refractivity contribution in [3.05, 3.63) is 106 Å². The summed E-state index contributed by atoms with van der Waals surface area (Å²) < 4.78 is 14.3. The van der Waals surface area contributed by atoms with Crippen LogP contribution in [0.15, 0.2) is 78.6 Å². The number of rotatable bonds is 3. The van der Waals surface area contributed by atoms with Crippen molar-refractivity contribution in [3.8, 4) is 11.5 Å². The number of halogens is 1. The molecule has 3 aromatic carbocycles. The van der Waals surface area contributed by atoms with Gasteiger partial charge in [0.25, 0.3) is 0 Å². The van der Waals surface area contributed by atoms with Crippen LogP contribution in [-0.2, 0) is 0 Å². The molecule has 0 fully saturated rings. The number of ether oxygens (including phenoxy) is 2. The van der Waals surface area contributed by atoms with Gasteiger partial charge in [-0.3, -0.25) is 0 Å². The lowest BCUT2D eigenvalue weighted by molar-refractivity contribution is 0.217. The first-order valence-electron chi connectivity index (χ1n) is 10.7. The van der Waals surface area contributed by atoms with Gasteiger partial charge in [-0.2, -0.15) is 10.1 Å². The molecule has 0 radical (unpaired) electrons. The maximum absolute atomic E-state index is 6.65. The molecule has 0 saturated carbocycles. The van der Waals surface area contributed by atoms with Gasteiger partial charge >= 0.3 is 0 Å². The molecule has 7 heteroatoms. The van der Waals surface area contributed by atoms with Crippen molar-refractivity contribution in [2.75, 3.05) is 12.4 Å². The summed E-state index contributed by atoms with van der Waals surface area (Å²) >= 11 is 6.40. The van der Waals surface area contributed by atoms with Crippen LogP contribution < -0.4 is 14.8 Å². The van der Waals surface area contributed by atoms with Crippen LogP contribution >= 0.6 is 11.6 Å². The minimum atomic E-state index is -0.402. The van der Waals surface area contributed by atoms with E-state index in [1.54, 1.807) is 13.4 Å². The quantitative estimate of drug-likeness (QED) is 0.421. The first-order chi connectivity index (χ1) is 16.1. The van der Waals surface area contributed by atoms with E-state index in [2.05, 4.69) is 46.6 Å². The van der Waals surface area contributed by atoms with E-state index >= 15 is 0 Å². The van der Waals surface area contributed by atoms with Crippen LogP contribution in [0.2, 0.25) is 5.02 Å². The Kier molecular flexibility index (Phi) is 4.62. The zero-order valence-electron chi connectivity index (χ0n) is 18.1. The van der Waals surface area contributed by atoms with Crippen LogP contribution in [-0.4, -0.2) is 21.9 Å². The van der Waals surface area contributed by atoms with Crippen molar-refractivity contribution >= 4 is 23.2 Å². The third kappa shape index (κ3) is 3.17. The molecule has 1 N–H and O–H groups in total. The molecule has 4 aromatic rings. The van der Waals surface area contributed by atoms with Crippen molar-refractivity contribution in [1.82, 2.24) is 14.8 Å². The van der Waals surface area contributed by atoms with E-state index in [0.717, 1.165) is 39.5 Å². The molecule has 2 atom stereocenters. The third-order valence-corrected chi connectivity index (χ3v) is 6.43. The van der Waals surface area contributed by atoms with E-state index in [0.29, 0.717) is 11.0 Å². The third-order valence-electron chi connectivity index (χ3n) is 6.19. The van der Waals surface area contributed by atoms with Gasteiger partial charge in [0.05, 0.1) is 12.8 Å². The minimum absolute atomic E-state index is 0.221. The number of methoxy groups -OCH3 is 1. The summed E-state index contributed by atoms with van der Waals surface area (Å²) in [5.74, 6) is 2.18. The molecule has 3 heterocycles. The molecule has 1 aromatic heterocycles. The van der Waals surface area contributed by atoms with E-state index in [9.17, 15) is 0 Å². The Morgan fingerprint density at radius 2 is 1.88 bits per heavy atom. The molecule has 6 nitrogen and oxygen atoms in total. The maximum Gasteiger partial charge on any atom is 0.226 e. The second-order valence-electron chi connectivity index (χ2n) is 8.18. The number of aryl methyl sites for hydroxylation is 1. The van der Waals surface area contributed by atoms with Gasteiger partial charge in [-0.25, -0.2) is 4.68 Å². The Labute approximate surface area is 196 Å². The van der Waals surface area contributed by atoms with Crippen LogP contribution in [0, 0.1) is 6.92 Å². The van der Waals surface area contributed by atoms with E-state index in [4.69, 9.17) is 21.1 Å². The van der Waals surface area contributed by atoms with Crippen LogP contribution in [0.3, 0.4) is 0 Å².